The number of fused-ring (bicyclic) bond motifs is 1. The number of anilines is 1. The largest absolute Gasteiger partial charge is 0.394 e. The second-order valence-electron chi connectivity index (χ2n) is 10.8. The number of ether oxygens (including phenoxy) is 1. The van der Waals surface area contributed by atoms with E-state index in [2.05, 4.69) is 10.6 Å². The zero-order valence-electron chi connectivity index (χ0n) is 21.6. The van der Waals surface area contributed by atoms with Gasteiger partial charge in [-0.15, -0.1) is 0 Å². The molecule has 3 N–H and O–H groups in total. The van der Waals surface area contributed by atoms with Gasteiger partial charge in [-0.05, 0) is 50.2 Å². The number of hydrogen-bond donors (Lipinski definition) is 3. The van der Waals surface area contributed by atoms with Crippen LogP contribution in [-0.2, 0) is 19.1 Å². The summed E-state index contributed by atoms with van der Waals surface area (Å²) in [7, 11) is 0. The molecule has 3 aliphatic rings. The number of likely N-dealkylation sites (tertiary alicyclic amines) is 1. The molecule has 0 radical (unpaired) electrons. The van der Waals surface area contributed by atoms with Gasteiger partial charge in [0, 0.05) is 6.54 Å². The number of amides is 3. The van der Waals surface area contributed by atoms with Gasteiger partial charge in [0.15, 0.2) is 0 Å². The molecule has 198 valence electrons. The molecule has 36 heavy (non-hydrogen) atoms. The van der Waals surface area contributed by atoms with E-state index in [0.29, 0.717) is 42.9 Å². The van der Waals surface area contributed by atoms with Crippen molar-refractivity contribution < 1.29 is 24.2 Å². The highest BCUT2D eigenvalue weighted by Gasteiger charge is 2.79. The number of hydrogen-bond acceptors (Lipinski definition) is 5. The zero-order chi connectivity index (χ0) is 26.3. The molecule has 3 amide bonds. The second kappa shape index (κ2) is 10.3. The lowest BCUT2D eigenvalue weighted by atomic mass is 9.65. The van der Waals surface area contributed by atoms with E-state index in [1.807, 2.05) is 27.7 Å². The number of nitrogens with zero attached hydrogens (tertiary/aromatic N) is 1. The molecule has 4 rings (SSSR count). The monoisotopic (exact) mass is 519 g/mol. The van der Waals surface area contributed by atoms with E-state index >= 15 is 0 Å². The summed E-state index contributed by atoms with van der Waals surface area (Å²) < 4.78 is 6.74. The zero-order valence-corrected chi connectivity index (χ0v) is 22.3. The highest BCUT2D eigenvalue weighted by molar-refractivity contribution is 6.33. The van der Waals surface area contributed by atoms with E-state index in [-0.39, 0.29) is 24.3 Å². The van der Waals surface area contributed by atoms with Crippen LogP contribution in [0, 0.1) is 17.8 Å². The van der Waals surface area contributed by atoms with Gasteiger partial charge in [0.05, 0.1) is 40.8 Å². The number of nitrogens with one attached hydrogen (secondary N) is 2. The first kappa shape index (κ1) is 26.9. The molecule has 3 saturated heterocycles. The topological polar surface area (TPSA) is 108 Å². The fraction of sp³-hybridized carbons (Fsp3) is 0.667. The van der Waals surface area contributed by atoms with Crippen molar-refractivity contribution in [3.05, 3.63) is 29.3 Å². The average Bonchev–Trinajstić information content (AvgIpc) is 3.46. The quantitative estimate of drug-likeness (QED) is 0.439. The Morgan fingerprint density at radius 1 is 1.22 bits per heavy atom. The fourth-order valence-electron chi connectivity index (χ4n) is 6.69. The summed E-state index contributed by atoms with van der Waals surface area (Å²) in [4.78, 5) is 43.1. The molecular formula is C27H38ClN3O5. The fourth-order valence-corrected chi connectivity index (χ4v) is 6.87. The van der Waals surface area contributed by atoms with Crippen molar-refractivity contribution >= 4 is 35.0 Å². The Morgan fingerprint density at radius 3 is 2.56 bits per heavy atom. The van der Waals surface area contributed by atoms with Crippen LogP contribution in [-0.4, -0.2) is 64.2 Å². The van der Waals surface area contributed by atoms with Crippen LogP contribution < -0.4 is 10.6 Å². The summed E-state index contributed by atoms with van der Waals surface area (Å²) in [6, 6.07) is 5.37. The van der Waals surface area contributed by atoms with Gasteiger partial charge >= 0.3 is 0 Å². The molecular weight excluding hydrogens is 482 g/mol. The molecule has 3 fully saturated rings. The van der Waals surface area contributed by atoms with Gasteiger partial charge in [0.2, 0.25) is 17.7 Å². The maximum Gasteiger partial charge on any atom is 0.250 e. The smallest absolute Gasteiger partial charge is 0.250 e. The summed E-state index contributed by atoms with van der Waals surface area (Å²) in [5.41, 5.74) is -1.49. The summed E-state index contributed by atoms with van der Waals surface area (Å²) >= 11 is 6.33. The lowest BCUT2D eigenvalue weighted by Crippen LogP contribution is -2.56. The predicted molar refractivity (Wildman–Crippen MR) is 137 cm³/mol. The Morgan fingerprint density at radius 2 is 1.94 bits per heavy atom. The van der Waals surface area contributed by atoms with E-state index in [9.17, 15) is 19.5 Å². The van der Waals surface area contributed by atoms with E-state index in [1.165, 1.54) is 4.90 Å². The van der Waals surface area contributed by atoms with Crippen molar-refractivity contribution in [3.8, 4) is 0 Å². The van der Waals surface area contributed by atoms with Crippen LogP contribution in [0.15, 0.2) is 24.3 Å². The highest BCUT2D eigenvalue weighted by Crippen LogP contribution is 2.64. The number of carbonyl (C=O) groups excluding carboxylic acids is 3. The maximum atomic E-state index is 14.2. The third-order valence-corrected chi connectivity index (χ3v) is 8.51. The second-order valence-corrected chi connectivity index (χ2v) is 11.2. The number of benzene rings is 1. The molecule has 2 bridgehead atoms. The van der Waals surface area contributed by atoms with E-state index in [0.717, 1.165) is 6.42 Å². The van der Waals surface area contributed by atoms with Gasteiger partial charge in [-0.25, -0.2) is 0 Å². The van der Waals surface area contributed by atoms with Crippen LogP contribution in [0.1, 0.15) is 59.8 Å². The molecule has 0 aromatic heterocycles. The number of para-hydroxylation sites is 1. The van der Waals surface area contributed by atoms with E-state index < -0.39 is 41.0 Å². The molecule has 8 nitrogen and oxygen atoms in total. The molecule has 1 aromatic carbocycles. The van der Waals surface area contributed by atoms with E-state index in [4.69, 9.17) is 16.3 Å². The third kappa shape index (κ3) is 4.21. The summed E-state index contributed by atoms with van der Waals surface area (Å²) in [6.07, 6.45) is 2.95. The molecule has 2 unspecified atom stereocenters. The van der Waals surface area contributed by atoms with Crippen LogP contribution in [0.5, 0.6) is 0 Å². The first-order valence-electron chi connectivity index (χ1n) is 13.1. The van der Waals surface area contributed by atoms with Crippen LogP contribution in [0.4, 0.5) is 5.69 Å². The molecule has 3 heterocycles. The number of aliphatic hydroxyl groups is 1. The number of halogens is 1. The van der Waals surface area contributed by atoms with Crippen molar-refractivity contribution in [2.75, 3.05) is 18.5 Å². The first-order valence-corrected chi connectivity index (χ1v) is 13.5. The van der Waals surface area contributed by atoms with Gasteiger partial charge in [-0.1, -0.05) is 51.4 Å². The van der Waals surface area contributed by atoms with Crippen molar-refractivity contribution in [1.29, 1.82) is 0 Å². The minimum Gasteiger partial charge on any atom is -0.394 e. The van der Waals surface area contributed by atoms with Crippen molar-refractivity contribution in [1.82, 2.24) is 10.2 Å². The summed E-state index contributed by atoms with van der Waals surface area (Å²) in [5, 5.41) is 16.6. The van der Waals surface area contributed by atoms with Crippen molar-refractivity contribution in [2.45, 2.75) is 83.1 Å². The Labute approximate surface area is 218 Å². The summed E-state index contributed by atoms with van der Waals surface area (Å²) in [6.45, 7) is 8.19. The molecule has 3 aliphatic heterocycles. The minimum atomic E-state index is -1.14. The van der Waals surface area contributed by atoms with Gasteiger partial charge in [-0.2, -0.15) is 0 Å². The Kier molecular flexibility index (Phi) is 7.70. The normalized spacial score (nSPS) is 31.6. The Bertz CT molecular complexity index is 1020. The molecule has 1 spiro atoms. The lowest BCUT2D eigenvalue weighted by Gasteiger charge is -2.38. The standard InChI is InChI=1S/C27H38ClN3O5/c1-5-13-29-23(33)20-21-25(35)31(17(15-32)14-16(3)4)22(27(21)12-11-26(20,6-2)36-27)24(34)30-19-10-8-7-9-18(19)28/h7-10,16-17,20-22,32H,5-6,11-15H2,1-4H3,(H,29,33)(H,30,34)/t17-,20-,21+,22?,26+,27?/m1/s1. The van der Waals surface area contributed by atoms with E-state index in [1.54, 1.807) is 24.3 Å². The van der Waals surface area contributed by atoms with Gasteiger partial charge in [0.25, 0.3) is 0 Å². The highest BCUT2D eigenvalue weighted by atomic mass is 35.5. The first-order chi connectivity index (χ1) is 17.2. The SMILES string of the molecule is CCCNC(=O)[C@H]1[C@H]2C(=O)N([C@@H](CO)CC(C)C)C(C(=O)Nc3ccccc3Cl)C23CC[C@]1(CC)O3. The van der Waals surface area contributed by atoms with Crippen LogP contribution in [0.3, 0.4) is 0 Å². The molecule has 0 saturated carbocycles. The summed E-state index contributed by atoms with van der Waals surface area (Å²) in [5.74, 6) is -2.19. The minimum absolute atomic E-state index is 0.183. The molecule has 0 aliphatic carbocycles. The van der Waals surface area contributed by atoms with Crippen molar-refractivity contribution in [3.63, 3.8) is 0 Å². The predicted octanol–water partition coefficient (Wildman–Crippen LogP) is 3.37. The molecule has 6 atom stereocenters. The molecule has 1 aromatic rings. The maximum absolute atomic E-state index is 14.2. The number of rotatable bonds is 10. The lowest BCUT2D eigenvalue weighted by molar-refractivity contribution is -0.149. The molecule has 9 heteroatoms. The van der Waals surface area contributed by atoms with Gasteiger partial charge in [0.1, 0.15) is 11.6 Å². The van der Waals surface area contributed by atoms with Gasteiger partial charge < -0.3 is 25.4 Å². The Balaban J connectivity index is 1.79. The number of carbonyl (C=O) groups is 3. The Hall–Kier alpha value is -2.16. The average molecular weight is 520 g/mol. The van der Waals surface area contributed by atoms with Crippen LogP contribution in [0.2, 0.25) is 5.02 Å². The van der Waals surface area contributed by atoms with Crippen LogP contribution >= 0.6 is 11.6 Å². The van der Waals surface area contributed by atoms with Crippen LogP contribution in [0.25, 0.3) is 0 Å². The number of aliphatic hydroxyl groups excluding tert-OH is 1. The third-order valence-electron chi connectivity index (χ3n) is 8.18. The van der Waals surface area contributed by atoms with Crippen molar-refractivity contribution in [2.24, 2.45) is 17.8 Å². The van der Waals surface area contributed by atoms with Gasteiger partial charge in [-0.3, -0.25) is 14.4 Å².